The lowest BCUT2D eigenvalue weighted by Gasteiger charge is -2.08. The van der Waals surface area contributed by atoms with Gasteiger partial charge in [0.15, 0.2) is 5.76 Å². The van der Waals surface area contributed by atoms with Gasteiger partial charge in [-0.05, 0) is 23.6 Å². The molecule has 2 aromatic carbocycles. The summed E-state index contributed by atoms with van der Waals surface area (Å²) in [5.41, 5.74) is -0.0943. The van der Waals surface area contributed by atoms with Crippen LogP contribution in [0.25, 0.3) is 10.8 Å². The quantitative estimate of drug-likeness (QED) is 0.354. The summed E-state index contributed by atoms with van der Waals surface area (Å²) in [6.07, 6.45) is 2.47. The molecule has 4 rings (SSSR count). The number of nitro groups is 1. The van der Waals surface area contributed by atoms with Crippen LogP contribution in [0.5, 0.6) is 5.75 Å². The Kier molecular flexibility index (Phi) is 5.42. The second-order valence-corrected chi connectivity index (χ2v) is 6.51. The van der Waals surface area contributed by atoms with Crippen LogP contribution in [0.4, 0.5) is 5.69 Å². The molecule has 0 saturated heterocycles. The molecule has 0 radical (unpaired) electrons. The molecule has 0 bridgehead atoms. The van der Waals surface area contributed by atoms with Gasteiger partial charge in [-0.25, -0.2) is 0 Å². The minimum Gasteiger partial charge on any atom is -0.485 e. The summed E-state index contributed by atoms with van der Waals surface area (Å²) < 4.78 is 12.8. The molecule has 0 saturated carbocycles. The molecule has 0 aliphatic rings. The maximum absolute atomic E-state index is 12.2. The number of furan rings is 1. The number of ether oxygens (including phenoxy) is 1. The maximum Gasteiger partial charge on any atom is 0.306 e. The number of rotatable bonds is 8. The van der Waals surface area contributed by atoms with E-state index in [1.807, 2.05) is 42.5 Å². The van der Waals surface area contributed by atoms with Crippen LogP contribution in [0, 0.1) is 10.1 Å². The summed E-state index contributed by atoms with van der Waals surface area (Å²) in [5.74, 6) is 1.05. The van der Waals surface area contributed by atoms with Crippen molar-refractivity contribution in [2.45, 2.75) is 13.2 Å². The second kappa shape index (κ2) is 8.48. The van der Waals surface area contributed by atoms with E-state index in [0.29, 0.717) is 12.3 Å². The third-order valence-corrected chi connectivity index (χ3v) is 4.46. The molecule has 0 atom stereocenters. The van der Waals surface area contributed by atoms with Gasteiger partial charge < -0.3 is 14.5 Å². The minimum atomic E-state index is -0.521. The van der Waals surface area contributed by atoms with Gasteiger partial charge in [-0.1, -0.05) is 36.4 Å². The van der Waals surface area contributed by atoms with E-state index in [4.69, 9.17) is 9.15 Å². The highest BCUT2D eigenvalue weighted by Gasteiger charge is 2.13. The summed E-state index contributed by atoms with van der Waals surface area (Å²) in [6, 6.07) is 17.0. The molecule has 9 nitrogen and oxygen atoms in total. The van der Waals surface area contributed by atoms with E-state index in [0.717, 1.165) is 22.7 Å². The highest BCUT2D eigenvalue weighted by Crippen LogP contribution is 2.26. The van der Waals surface area contributed by atoms with E-state index in [1.165, 1.54) is 10.9 Å². The number of aromatic nitrogens is 2. The largest absolute Gasteiger partial charge is 0.485 e. The first kappa shape index (κ1) is 19.2. The van der Waals surface area contributed by atoms with E-state index in [9.17, 15) is 14.9 Å². The first-order valence-corrected chi connectivity index (χ1v) is 9.24. The van der Waals surface area contributed by atoms with Crippen molar-refractivity contribution in [2.75, 3.05) is 6.54 Å². The number of amides is 1. The number of hydrogen-bond donors (Lipinski definition) is 1. The van der Waals surface area contributed by atoms with Gasteiger partial charge in [-0.2, -0.15) is 5.10 Å². The fraction of sp³-hybridized carbons (Fsp3) is 0.143. The van der Waals surface area contributed by atoms with E-state index >= 15 is 0 Å². The maximum atomic E-state index is 12.2. The molecule has 1 amide bonds. The van der Waals surface area contributed by atoms with Crippen LogP contribution in [-0.4, -0.2) is 27.2 Å². The zero-order valence-corrected chi connectivity index (χ0v) is 15.9. The van der Waals surface area contributed by atoms with Crippen LogP contribution in [0.1, 0.15) is 16.3 Å². The first-order valence-electron chi connectivity index (χ1n) is 9.24. The SMILES string of the molecule is O=C(NCCn1cc([N+](=O)[O-])cn1)c1ccc(COc2cccc3ccccc23)o1. The number of nitrogens with zero attached hydrogens (tertiary/aromatic N) is 3. The van der Waals surface area contributed by atoms with E-state index in [2.05, 4.69) is 10.4 Å². The van der Waals surface area contributed by atoms with Crippen LogP contribution in [0.3, 0.4) is 0 Å². The third kappa shape index (κ3) is 4.30. The molecular formula is C21H18N4O5. The average Bonchev–Trinajstić information content (AvgIpc) is 3.42. The van der Waals surface area contributed by atoms with Crippen LogP contribution >= 0.6 is 0 Å². The highest BCUT2D eigenvalue weighted by molar-refractivity contribution is 5.91. The van der Waals surface area contributed by atoms with Crippen LogP contribution in [0.2, 0.25) is 0 Å². The molecule has 9 heteroatoms. The molecule has 0 aliphatic heterocycles. The lowest BCUT2D eigenvalue weighted by Crippen LogP contribution is -2.27. The third-order valence-electron chi connectivity index (χ3n) is 4.46. The number of carbonyl (C=O) groups is 1. The van der Waals surface area contributed by atoms with Crippen LogP contribution in [0.15, 0.2) is 71.4 Å². The molecule has 30 heavy (non-hydrogen) atoms. The van der Waals surface area contributed by atoms with E-state index in [-0.39, 0.29) is 30.5 Å². The molecule has 152 valence electrons. The first-order chi connectivity index (χ1) is 14.6. The van der Waals surface area contributed by atoms with Crippen molar-refractivity contribution in [1.29, 1.82) is 0 Å². The number of hydrogen-bond acceptors (Lipinski definition) is 6. The zero-order chi connectivity index (χ0) is 20.9. The second-order valence-electron chi connectivity index (χ2n) is 6.51. The van der Waals surface area contributed by atoms with Crippen molar-refractivity contribution < 1.29 is 18.9 Å². The van der Waals surface area contributed by atoms with Crippen molar-refractivity contribution in [3.8, 4) is 5.75 Å². The van der Waals surface area contributed by atoms with Crippen LogP contribution in [-0.2, 0) is 13.2 Å². The van der Waals surface area contributed by atoms with Gasteiger partial charge in [0.1, 0.15) is 30.5 Å². The molecule has 2 aromatic heterocycles. The van der Waals surface area contributed by atoms with Crippen molar-refractivity contribution in [2.24, 2.45) is 0 Å². The Bertz CT molecular complexity index is 1190. The fourth-order valence-corrected chi connectivity index (χ4v) is 2.99. The molecule has 0 unspecified atom stereocenters. The normalized spacial score (nSPS) is 10.8. The summed E-state index contributed by atoms with van der Waals surface area (Å²) in [6.45, 7) is 0.746. The summed E-state index contributed by atoms with van der Waals surface area (Å²) >= 11 is 0. The van der Waals surface area contributed by atoms with Crippen molar-refractivity contribution in [1.82, 2.24) is 15.1 Å². The van der Waals surface area contributed by atoms with E-state index in [1.54, 1.807) is 12.1 Å². The predicted molar refractivity (Wildman–Crippen MR) is 108 cm³/mol. The van der Waals surface area contributed by atoms with Gasteiger partial charge in [-0.3, -0.25) is 19.6 Å². The Morgan fingerprint density at radius 3 is 2.83 bits per heavy atom. The number of benzene rings is 2. The minimum absolute atomic E-state index is 0.0943. The van der Waals surface area contributed by atoms with Gasteiger partial charge >= 0.3 is 5.69 Å². The van der Waals surface area contributed by atoms with Crippen molar-refractivity contribution in [3.63, 3.8) is 0 Å². The Morgan fingerprint density at radius 2 is 2.00 bits per heavy atom. The average molecular weight is 406 g/mol. The van der Waals surface area contributed by atoms with Crippen molar-refractivity contribution >= 4 is 22.4 Å². The fourth-order valence-electron chi connectivity index (χ4n) is 2.99. The Hall–Kier alpha value is -4.14. The van der Waals surface area contributed by atoms with E-state index < -0.39 is 4.92 Å². The molecule has 0 spiro atoms. The molecule has 4 aromatic rings. The summed E-state index contributed by atoms with van der Waals surface area (Å²) in [5, 5.41) is 19.3. The Balaban J connectivity index is 1.30. The zero-order valence-electron chi connectivity index (χ0n) is 15.9. The smallest absolute Gasteiger partial charge is 0.306 e. The van der Waals surface area contributed by atoms with Crippen LogP contribution < -0.4 is 10.1 Å². The number of carbonyl (C=O) groups excluding carboxylic acids is 1. The molecule has 2 heterocycles. The van der Waals surface area contributed by atoms with Gasteiger partial charge in [0.05, 0.1) is 11.5 Å². The predicted octanol–water partition coefficient (Wildman–Crippen LogP) is 3.55. The van der Waals surface area contributed by atoms with Gasteiger partial charge in [0.25, 0.3) is 5.91 Å². The molecular weight excluding hydrogens is 388 g/mol. The lowest BCUT2D eigenvalue weighted by molar-refractivity contribution is -0.385. The highest BCUT2D eigenvalue weighted by atomic mass is 16.6. The molecule has 0 fully saturated rings. The summed E-state index contributed by atoms with van der Waals surface area (Å²) in [4.78, 5) is 22.4. The summed E-state index contributed by atoms with van der Waals surface area (Å²) in [7, 11) is 0. The van der Waals surface area contributed by atoms with Gasteiger partial charge in [0.2, 0.25) is 0 Å². The Labute approximate surface area is 171 Å². The lowest BCUT2D eigenvalue weighted by atomic mass is 10.1. The van der Waals surface area contributed by atoms with Gasteiger partial charge in [0, 0.05) is 11.9 Å². The topological polar surface area (TPSA) is 112 Å². The number of fused-ring (bicyclic) bond motifs is 1. The van der Waals surface area contributed by atoms with Gasteiger partial charge in [-0.15, -0.1) is 0 Å². The standard InChI is InChI=1S/C21H18N4O5/c26-21(22-10-11-24-13-16(12-23-24)25(27)28)20-9-8-17(30-20)14-29-19-7-3-5-15-4-1-2-6-18(15)19/h1-9,12-13H,10-11,14H2,(H,22,26). The Morgan fingerprint density at radius 1 is 1.17 bits per heavy atom. The number of nitrogens with one attached hydrogen (secondary N) is 1. The monoisotopic (exact) mass is 406 g/mol. The van der Waals surface area contributed by atoms with Crippen molar-refractivity contribution in [3.05, 3.63) is 88.6 Å². The molecule has 0 aliphatic carbocycles. The molecule has 1 N–H and O–H groups in total.